The number of phenols is 1. The minimum absolute atomic E-state index is 0.0164. The Balaban J connectivity index is 1.24. The van der Waals surface area contributed by atoms with E-state index < -0.39 is 5.82 Å². The fraction of sp³-hybridized carbons (Fsp3) is 0.353. The summed E-state index contributed by atoms with van der Waals surface area (Å²) in [6.07, 6.45) is 4.42. The number of nitrogens with zero attached hydrogens (tertiary/aromatic N) is 4. The second kappa shape index (κ2) is 9.57. The van der Waals surface area contributed by atoms with Gasteiger partial charge in [-0.15, -0.1) is 0 Å². The number of benzene rings is 3. The molecule has 3 atom stereocenters. The van der Waals surface area contributed by atoms with Gasteiger partial charge in [0.05, 0.1) is 18.3 Å². The first-order valence-electron chi connectivity index (χ1n) is 15.0. The molecule has 3 heterocycles. The van der Waals surface area contributed by atoms with Crippen LogP contribution in [0.1, 0.15) is 36.0 Å². The number of aromatic nitrogens is 3. The first kappa shape index (κ1) is 26.3. The summed E-state index contributed by atoms with van der Waals surface area (Å²) < 4.78 is 24.0. The number of likely N-dealkylation sites (tertiary alicyclic amines) is 1. The molecule has 220 valence electrons. The largest absolute Gasteiger partial charge is 0.505 e. The Kier molecular flexibility index (Phi) is 5.85. The molecule has 1 amide bonds. The lowest BCUT2D eigenvalue weighted by Crippen LogP contribution is -2.41. The van der Waals surface area contributed by atoms with Gasteiger partial charge in [0, 0.05) is 48.7 Å². The minimum Gasteiger partial charge on any atom is -0.505 e. The Hall–Kier alpha value is -4.37. The van der Waals surface area contributed by atoms with Crippen LogP contribution < -0.4 is 10.5 Å². The molecule has 1 aliphatic heterocycles. The van der Waals surface area contributed by atoms with Gasteiger partial charge in [-0.25, -0.2) is 9.37 Å². The summed E-state index contributed by atoms with van der Waals surface area (Å²) in [5.41, 5.74) is 12.2. The molecule has 5 aromatic rings. The van der Waals surface area contributed by atoms with Crippen molar-refractivity contribution in [1.29, 1.82) is 0 Å². The number of phenolic OH excluding ortho intramolecular Hbond substituents is 1. The number of halogens is 1. The van der Waals surface area contributed by atoms with Crippen molar-refractivity contribution in [1.82, 2.24) is 19.0 Å². The molecule has 3 fully saturated rings. The zero-order valence-corrected chi connectivity index (χ0v) is 24.3. The van der Waals surface area contributed by atoms with E-state index in [9.17, 15) is 14.3 Å². The average Bonchev–Trinajstić information content (AvgIpc) is 3.42. The quantitative estimate of drug-likeness (QED) is 0.270. The van der Waals surface area contributed by atoms with Crippen LogP contribution in [-0.4, -0.2) is 55.8 Å². The van der Waals surface area contributed by atoms with Gasteiger partial charge in [0.25, 0.3) is 5.91 Å². The van der Waals surface area contributed by atoms with Crippen molar-refractivity contribution in [3.8, 4) is 34.1 Å². The SMILES string of the molecule is COc1cc(C(=O)N2CC3CCC2[C@@H]3N)cc2nc(-c3cc4ccc(-c5ccc(F)c(O)c5)cc4n3CC3CC3)n(C)c12. The van der Waals surface area contributed by atoms with E-state index in [1.165, 1.54) is 25.0 Å². The number of carbonyl (C=O) groups excluding carboxylic acids is 1. The third-order valence-electron chi connectivity index (χ3n) is 9.87. The van der Waals surface area contributed by atoms with Crippen molar-refractivity contribution in [3.05, 3.63) is 66.0 Å². The second-order valence-electron chi connectivity index (χ2n) is 12.5. The van der Waals surface area contributed by atoms with E-state index in [2.05, 4.69) is 22.8 Å². The molecule has 8 rings (SSSR count). The highest BCUT2D eigenvalue weighted by Gasteiger charge is 2.47. The van der Waals surface area contributed by atoms with Gasteiger partial charge in [0.1, 0.15) is 11.3 Å². The third kappa shape index (κ3) is 4.12. The monoisotopic (exact) mass is 579 g/mol. The molecule has 43 heavy (non-hydrogen) atoms. The van der Waals surface area contributed by atoms with Crippen molar-refractivity contribution < 1.29 is 19.0 Å². The lowest BCUT2D eigenvalue weighted by Gasteiger charge is -2.27. The molecule has 3 N–H and O–H groups in total. The lowest BCUT2D eigenvalue weighted by molar-refractivity contribution is 0.0700. The van der Waals surface area contributed by atoms with Crippen LogP contribution in [0.4, 0.5) is 4.39 Å². The summed E-state index contributed by atoms with van der Waals surface area (Å²) in [6.45, 7) is 1.57. The Morgan fingerprint density at radius 3 is 2.56 bits per heavy atom. The first-order valence-corrected chi connectivity index (χ1v) is 15.0. The van der Waals surface area contributed by atoms with Crippen LogP contribution in [0.15, 0.2) is 54.6 Å². The number of rotatable bonds is 6. The topological polar surface area (TPSA) is 98.5 Å². The molecule has 0 spiro atoms. The van der Waals surface area contributed by atoms with Crippen LogP contribution in [0.2, 0.25) is 0 Å². The van der Waals surface area contributed by atoms with Gasteiger partial charge >= 0.3 is 0 Å². The molecule has 2 bridgehead atoms. The first-order chi connectivity index (χ1) is 20.8. The fourth-order valence-corrected chi connectivity index (χ4v) is 7.33. The molecule has 2 saturated carbocycles. The molecule has 8 nitrogen and oxygen atoms in total. The van der Waals surface area contributed by atoms with Gasteiger partial charge in [-0.3, -0.25) is 4.79 Å². The number of methoxy groups -OCH3 is 1. The minimum atomic E-state index is -0.636. The molecule has 0 radical (unpaired) electrons. The maximum atomic E-state index is 13.8. The van der Waals surface area contributed by atoms with Crippen LogP contribution in [0.25, 0.3) is 44.6 Å². The summed E-state index contributed by atoms with van der Waals surface area (Å²) in [7, 11) is 3.61. The number of aromatic hydroxyl groups is 1. The van der Waals surface area contributed by atoms with Crippen LogP contribution in [0, 0.1) is 17.7 Å². The number of aryl methyl sites for hydroxylation is 1. The number of hydrogen-bond acceptors (Lipinski definition) is 5. The summed E-state index contributed by atoms with van der Waals surface area (Å²) in [6, 6.07) is 16.6. The number of amides is 1. The Morgan fingerprint density at radius 2 is 1.86 bits per heavy atom. The van der Waals surface area contributed by atoms with Gasteiger partial charge in [0.2, 0.25) is 0 Å². The van der Waals surface area contributed by atoms with Gasteiger partial charge in [-0.1, -0.05) is 18.2 Å². The second-order valence-corrected chi connectivity index (χ2v) is 12.5. The van der Waals surface area contributed by atoms with Crippen LogP contribution in [-0.2, 0) is 13.6 Å². The van der Waals surface area contributed by atoms with Crippen molar-refractivity contribution in [2.45, 2.75) is 44.3 Å². The molecule has 9 heteroatoms. The highest BCUT2D eigenvalue weighted by Crippen LogP contribution is 2.41. The number of nitrogens with two attached hydrogens (primary N) is 1. The Bertz CT molecular complexity index is 1940. The van der Waals surface area contributed by atoms with Crippen molar-refractivity contribution in [3.63, 3.8) is 0 Å². The summed E-state index contributed by atoms with van der Waals surface area (Å²) in [5.74, 6) is 1.36. The standard InChI is InChI=1S/C34H34FN5O3/c1-38-32-25(11-23(15-30(32)43-2)34(42)40-17-22-8-10-26(40)31(22)36)37-33(38)28-13-21-6-5-19(20-7-9-24(35)29(41)14-20)12-27(21)39(28)16-18-3-4-18/h5-7,9,11-15,18,22,26,31,41H,3-4,8,10,16-17,36H2,1-2H3/t22?,26?,31-/m1/s1. The Morgan fingerprint density at radius 1 is 1.07 bits per heavy atom. The number of imidazole rings is 1. The highest BCUT2D eigenvalue weighted by atomic mass is 19.1. The molecule has 2 aliphatic carbocycles. The molecule has 3 aliphatic rings. The number of ether oxygens (including phenoxy) is 1. The molecule has 1 saturated heterocycles. The van der Waals surface area contributed by atoms with E-state index in [0.717, 1.165) is 58.5 Å². The van der Waals surface area contributed by atoms with Crippen molar-refractivity contribution in [2.75, 3.05) is 13.7 Å². The van der Waals surface area contributed by atoms with Gasteiger partial charge in [-0.2, -0.15) is 0 Å². The highest BCUT2D eigenvalue weighted by molar-refractivity contribution is 6.00. The zero-order chi connectivity index (χ0) is 29.6. The average molecular weight is 580 g/mol. The summed E-state index contributed by atoms with van der Waals surface area (Å²) in [4.78, 5) is 20.7. The van der Waals surface area contributed by atoms with E-state index in [1.807, 2.05) is 34.7 Å². The van der Waals surface area contributed by atoms with Crippen LogP contribution in [0.5, 0.6) is 11.5 Å². The van der Waals surface area contributed by atoms with Crippen molar-refractivity contribution >= 4 is 27.8 Å². The van der Waals surface area contributed by atoms with Gasteiger partial charge in [-0.05, 0) is 85.0 Å². The van der Waals surface area contributed by atoms with E-state index in [-0.39, 0.29) is 23.7 Å². The third-order valence-corrected chi connectivity index (χ3v) is 9.87. The molecular weight excluding hydrogens is 545 g/mol. The van der Waals surface area contributed by atoms with Crippen LogP contribution in [0.3, 0.4) is 0 Å². The predicted octanol–water partition coefficient (Wildman–Crippen LogP) is 5.69. The van der Waals surface area contributed by atoms with E-state index in [4.69, 9.17) is 15.5 Å². The zero-order valence-electron chi connectivity index (χ0n) is 24.3. The number of piperidine rings is 1. The summed E-state index contributed by atoms with van der Waals surface area (Å²) in [5, 5.41) is 11.0. The molecule has 2 aromatic heterocycles. The fourth-order valence-electron chi connectivity index (χ4n) is 7.33. The lowest BCUT2D eigenvalue weighted by atomic mass is 10.0. The smallest absolute Gasteiger partial charge is 0.254 e. The van der Waals surface area contributed by atoms with E-state index >= 15 is 0 Å². The number of hydrogen-bond donors (Lipinski definition) is 2. The summed E-state index contributed by atoms with van der Waals surface area (Å²) >= 11 is 0. The van der Waals surface area contributed by atoms with E-state index in [1.54, 1.807) is 13.2 Å². The predicted molar refractivity (Wildman–Crippen MR) is 164 cm³/mol. The van der Waals surface area contributed by atoms with Gasteiger partial charge in [0.15, 0.2) is 17.4 Å². The van der Waals surface area contributed by atoms with E-state index in [0.29, 0.717) is 35.2 Å². The number of fused-ring (bicyclic) bond motifs is 4. The molecule has 2 unspecified atom stereocenters. The number of carbonyl (C=O) groups is 1. The Labute approximate surface area is 248 Å². The van der Waals surface area contributed by atoms with Crippen molar-refractivity contribution in [2.24, 2.45) is 24.6 Å². The van der Waals surface area contributed by atoms with Crippen LogP contribution >= 0.6 is 0 Å². The van der Waals surface area contributed by atoms with Gasteiger partial charge < -0.3 is 29.6 Å². The normalized spacial score (nSPS) is 21.4. The maximum absolute atomic E-state index is 13.8. The molecule has 3 aromatic carbocycles. The molecular formula is C34H34FN5O3. The maximum Gasteiger partial charge on any atom is 0.254 e.